The molecule has 5 heteroatoms. The highest BCUT2D eigenvalue weighted by Crippen LogP contribution is 2.68. The van der Waals surface area contributed by atoms with Gasteiger partial charge in [-0.25, -0.2) is 4.98 Å². The van der Waals surface area contributed by atoms with Crippen LogP contribution in [-0.4, -0.2) is 20.7 Å². The average Bonchev–Trinajstić information content (AvgIpc) is 3.35. The van der Waals surface area contributed by atoms with E-state index < -0.39 is 0 Å². The first-order chi connectivity index (χ1) is 17.4. The summed E-state index contributed by atoms with van der Waals surface area (Å²) in [5.41, 5.74) is 4.14. The molecule has 4 nitrogen and oxygen atoms in total. The number of pyridine rings is 1. The minimum Gasteiger partial charge on any atom is -0.365 e. The molecule has 4 aliphatic rings. The second-order valence-electron chi connectivity index (χ2n) is 14.3. The van der Waals surface area contributed by atoms with E-state index >= 15 is 0 Å². The Kier molecular flexibility index (Phi) is 5.92. The van der Waals surface area contributed by atoms with E-state index in [1.165, 1.54) is 43.4 Å². The Morgan fingerprint density at radius 2 is 1.86 bits per heavy atom. The lowest BCUT2D eigenvalue weighted by Gasteiger charge is -2.58. The first-order valence-corrected chi connectivity index (χ1v) is 15.0. The van der Waals surface area contributed by atoms with Crippen LogP contribution in [0.25, 0.3) is 5.65 Å². The molecule has 7 atom stereocenters. The van der Waals surface area contributed by atoms with Crippen molar-refractivity contribution in [2.45, 2.75) is 104 Å². The molecule has 6 rings (SSSR count). The normalized spacial score (nSPS) is 36.5. The van der Waals surface area contributed by atoms with Crippen LogP contribution in [-0.2, 0) is 4.79 Å². The molecule has 0 spiro atoms. The van der Waals surface area contributed by atoms with Crippen molar-refractivity contribution in [3.63, 3.8) is 0 Å². The fraction of sp³-hybridized carbons (Fsp3) is 0.688. The number of aromatic nitrogens is 2. The summed E-state index contributed by atoms with van der Waals surface area (Å²) in [5, 5.41) is 4.51. The molecule has 200 valence electrons. The predicted molar refractivity (Wildman–Crippen MR) is 152 cm³/mol. The second kappa shape index (κ2) is 8.60. The van der Waals surface area contributed by atoms with E-state index in [2.05, 4.69) is 51.3 Å². The van der Waals surface area contributed by atoms with Gasteiger partial charge >= 0.3 is 0 Å². The SMILES string of the molecule is C[C@H](c1nc2ccc(Cl)cn2c1NC(C)(C)C)[C@H]1CC[C@H]2[C@@H]3CCC4=CC(=O)CC[C@]4(C)[C@H]3CC[C@]12C. The second-order valence-corrected chi connectivity index (χ2v) is 14.7. The lowest BCUT2D eigenvalue weighted by atomic mass is 9.46. The largest absolute Gasteiger partial charge is 0.365 e. The summed E-state index contributed by atoms with van der Waals surface area (Å²) in [6.45, 7) is 14.2. The topological polar surface area (TPSA) is 46.4 Å². The molecular formula is C32H44ClN3O. The zero-order valence-electron chi connectivity index (χ0n) is 23.5. The molecule has 1 N–H and O–H groups in total. The van der Waals surface area contributed by atoms with Gasteiger partial charge in [0.2, 0.25) is 0 Å². The van der Waals surface area contributed by atoms with E-state index in [9.17, 15) is 4.79 Å². The third-order valence-corrected chi connectivity index (χ3v) is 11.4. The van der Waals surface area contributed by atoms with Gasteiger partial charge in [-0.15, -0.1) is 0 Å². The maximum atomic E-state index is 12.2. The number of hydrogen-bond acceptors (Lipinski definition) is 3. The molecule has 0 aromatic carbocycles. The smallest absolute Gasteiger partial charge is 0.155 e. The molecule has 2 aromatic heterocycles. The Balaban J connectivity index is 1.33. The number of nitrogens with zero attached hydrogens (tertiary/aromatic N) is 2. The third kappa shape index (κ3) is 3.99. The fourth-order valence-electron chi connectivity index (χ4n) is 9.45. The lowest BCUT2D eigenvalue weighted by Crippen LogP contribution is -2.50. The monoisotopic (exact) mass is 521 g/mol. The molecule has 0 aliphatic heterocycles. The molecule has 0 bridgehead atoms. The van der Waals surface area contributed by atoms with Crippen molar-refractivity contribution in [2.24, 2.45) is 34.5 Å². The molecule has 3 fully saturated rings. The highest BCUT2D eigenvalue weighted by atomic mass is 35.5. The van der Waals surface area contributed by atoms with Crippen molar-refractivity contribution >= 4 is 28.8 Å². The summed E-state index contributed by atoms with van der Waals surface area (Å²) < 4.78 is 2.16. The van der Waals surface area contributed by atoms with Crippen LogP contribution in [0, 0.1) is 34.5 Å². The van der Waals surface area contributed by atoms with Crippen molar-refractivity contribution in [1.82, 2.24) is 9.38 Å². The van der Waals surface area contributed by atoms with Crippen molar-refractivity contribution in [1.29, 1.82) is 0 Å². The Morgan fingerprint density at radius 3 is 2.62 bits per heavy atom. The van der Waals surface area contributed by atoms with Crippen molar-refractivity contribution in [3.8, 4) is 0 Å². The van der Waals surface area contributed by atoms with E-state index in [0.29, 0.717) is 23.0 Å². The molecule has 0 saturated heterocycles. The van der Waals surface area contributed by atoms with Gasteiger partial charge in [-0.3, -0.25) is 9.20 Å². The van der Waals surface area contributed by atoms with Crippen LogP contribution in [0.5, 0.6) is 0 Å². The molecule has 3 saturated carbocycles. The third-order valence-electron chi connectivity index (χ3n) is 11.2. The van der Waals surface area contributed by atoms with Gasteiger partial charge in [0.1, 0.15) is 11.5 Å². The van der Waals surface area contributed by atoms with Crippen LogP contribution in [0.1, 0.15) is 105 Å². The standard InChI is InChI=1S/C32H44ClN3O/c1-19(28-29(35-30(2,3)4)36-18-21(33)8-12-27(36)34-28)24-10-11-25-23-9-7-20-17-22(37)13-15-31(20,5)26(23)14-16-32(24,25)6/h8,12,17-19,23-26,35H,7,9-11,13-16H2,1-6H3/t19-,23-,24+,25-,26-,31-,32+/m0/s1. The van der Waals surface area contributed by atoms with Crippen LogP contribution in [0.3, 0.4) is 0 Å². The number of anilines is 1. The summed E-state index contributed by atoms with van der Waals surface area (Å²) in [7, 11) is 0. The average molecular weight is 522 g/mol. The highest BCUT2D eigenvalue weighted by molar-refractivity contribution is 6.30. The van der Waals surface area contributed by atoms with Gasteiger partial charge in [0.05, 0.1) is 10.7 Å². The maximum absolute atomic E-state index is 12.2. The minimum absolute atomic E-state index is 0.0724. The molecular weight excluding hydrogens is 478 g/mol. The van der Waals surface area contributed by atoms with Gasteiger partial charge in [-0.2, -0.15) is 0 Å². The molecule has 4 aliphatic carbocycles. The summed E-state index contributed by atoms with van der Waals surface area (Å²) >= 11 is 6.42. The summed E-state index contributed by atoms with van der Waals surface area (Å²) in [5.74, 6) is 4.76. The van der Waals surface area contributed by atoms with Crippen LogP contribution in [0.15, 0.2) is 30.0 Å². The minimum atomic E-state index is -0.0724. The molecule has 2 aromatic rings. The Morgan fingerprint density at radius 1 is 1.08 bits per heavy atom. The van der Waals surface area contributed by atoms with Gasteiger partial charge in [0.25, 0.3) is 0 Å². The van der Waals surface area contributed by atoms with Gasteiger partial charge < -0.3 is 5.32 Å². The van der Waals surface area contributed by atoms with E-state index in [0.717, 1.165) is 53.5 Å². The predicted octanol–water partition coefficient (Wildman–Crippen LogP) is 8.45. The summed E-state index contributed by atoms with van der Waals surface area (Å²) in [4.78, 5) is 17.4. The number of halogens is 1. The van der Waals surface area contributed by atoms with Gasteiger partial charge in [0.15, 0.2) is 5.78 Å². The highest BCUT2D eigenvalue weighted by Gasteiger charge is 2.59. The van der Waals surface area contributed by atoms with E-state index in [1.54, 1.807) is 0 Å². The number of imidazole rings is 1. The van der Waals surface area contributed by atoms with Crippen LogP contribution < -0.4 is 5.32 Å². The fourth-order valence-corrected chi connectivity index (χ4v) is 9.61. The zero-order chi connectivity index (χ0) is 26.3. The zero-order valence-corrected chi connectivity index (χ0v) is 24.3. The van der Waals surface area contributed by atoms with E-state index in [1.807, 2.05) is 24.4 Å². The summed E-state index contributed by atoms with van der Waals surface area (Å²) in [6, 6.07) is 3.98. The number of nitrogens with one attached hydrogen (secondary N) is 1. The van der Waals surface area contributed by atoms with Crippen molar-refractivity contribution in [2.75, 3.05) is 5.32 Å². The molecule has 0 amide bonds. The number of allylic oxidation sites excluding steroid dienone is 1. The number of carbonyl (C=O) groups is 1. The van der Waals surface area contributed by atoms with E-state index in [4.69, 9.17) is 16.6 Å². The number of rotatable bonds is 3. The maximum Gasteiger partial charge on any atom is 0.155 e. The first-order valence-electron chi connectivity index (χ1n) is 14.6. The van der Waals surface area contributed by atoms with Gasteiger partial charge in [-0.1, -0.05) is 37.9 Å². The first kappa shape index (κ1) is 25.5. The van der Waals surface area contributed by atoms with Crippen LogP contribution >= 0.6 is 11.6 Å². The van der Waals surface area contributed by atoms with Crippen molar-refractivity contribution < 1.29 is 4.79 Å². The molecule has 37 heavy (non-hydrogen) atoms. The quantitative estimate of drug-likeness (QED) is 0.440. The Labute approximate surface area is 227 Å². The number of ketones is 1. The molecule has 2 heterocycles. The number of fused-ring (bicyclic) bond motifs is 6. The number of carbonyl (C=O) groups excluding carboxylic acids is 1. The van der Waals surface area contributed by atoms with Gasteiger partial charge in [-0.05, 0) is 118 Å². The van der Waals surface area contributed by atoms with Crippen LogP contribution in [0.2, 0.25) is 5.02 Å². The van der Waals surface area contributed by atoms with Crippen LogP contribution in [0.4, 0.5) is 5.82 Å². The number of hydrogen-bond donors (Lipinski definition) is 1. The summed E-state index contributed by atoms with van der Waals surface area (Å²) in [6.07, 6.45) is 13.5. The molecule has 0 unspecified atom stereocenters. The van der Waals surface area contributed by atoms with Crippen molar-refractivity contribution in [3.05, 3.63) is 40.7 Å². The van der Waals surface area contributed by atoms with E-state index in [-0.39, 0.29) is 11.0 Å². The molecule has 0 radical (unpaired) electrons. The Bertz CT molecular complexity index is 1270. The Hall–Kier alpha value is -1.81. The lowest BCUT2D eigenvalue weighted by molar-refractivity contribution is -0.117. The van der Waals surface area contributed by atoms with Gasteiger partial charge in [0, 0.05) is 24.1 Å².